The monoisotopic (exact) mass is 271 g/mol. The Bertz CT molecular complexity index is 564. The van der Waals surface area contributed by atoms with Gasteiger partial charge in [-0.25, -0.2) is 0 Å². The topological polar surface area (TPSA) is 32.7 Å². The van der Waals surface area contributed by atoms with Crippen molar-refractivity contribution in [2.75, 3.05) is 26.2 Å². The highest BCUT2D eigenvalue weighted by Gasteiger charge is 2.16. The van der Waals surface area contributed by atoms with Crippen LogP contribution in [-0.2, 0) is 0 Å². The molecule has 1 saturated heterocycles. The van der Waals surface area contributed by atoms with Gasteiger partial charge in [0.2, 0.25) is 0 Å². The Labute approximate surface area is 119 Å². The summed E-state index contributed by atoms with van der Waals surface area (Å²) in [5.41, 5.74) is 0. The van der Waals surface area contributed by atoms with E-state index in [1.165, 1.54) is 23.6 Å². The van der Waals surface area contributed by atoms with Crippen LogP contribution in [0.3, 0.4) is 0 Å². The van der Waals surface area contributed by atoms with Crippen LogP contribution in [0.25, 0.3) is 10.8 Å². The number of likely N-dealkylation sites (tertiary alicyclic amines) is 1. The zero-order valence-electron chi connectivity index (χ0n) is 11.7. The minimum Gasteiger partial charge on any atom is -0.491 e. The molecule has 3 rings (SSSR count). The van der Waals surface area contributed by atoms with Crippen LogP contribution in [0.2, 0.25) is 0 Å². The Balaban J connectivity index is 1.56. The molecule has 1 atom stereocenters. The molecular formula is C17H21NO2. The third kappa shape index (κ3) is 3.30. The summed E-state index contributed by atoms with van der Waals surface area (Å²) < 4.78 is 5.71. The average molecular weight is 271 g/mol. The third-order valence-electron chi connectivity index (χ3n) is 3.83. The van der Waals surface area contributed by atoms with Gasteiger partial charge in [0.05, 0.1) is 0 Å². The molecule has 0 aromatic heterocycles. The first-order chi connectivity index (χ1) is 9.81. The first kappa shape index (κ1) is 13.4. The first-order valence-corrected chi connectivity index (χ1v) is 7.33. The molecule has 1 aliphatic heterocycles. The van der Waals surface area contributed by atoms with Crippen molar-refractivity contribution in [3.05, 3.63) is 42.5 Å². The van der Waals surface area contributed by atoms with Crippen molar-refractivity contribution in [1.29, 1.82) is 0 Å². The molecule has 0 unspecified atom stereocenters. The number of β-amino-alcohol motifs (C(OH)–C–C–N with tert-alkyl or cyclic N) is 1. The van der Waals surface area contributed by atoms with Gasteiger partial charge in [0.25, 0.3) is 0 Å². The van der Waals surface area contributed by atoms with Gasteiger partial charge in [-0.3, -0.25) is 0 Å². The molecule has 106 valence electrons. The highest BCUT2D eigenvalue weighted by atomic mass is 16.5. The molecule has 1 N–H and O–H groups in total. The molecule has 0 saturated carbocycles. The molecule has 2 aromatic rings. The lowest BCUT2D eigenvalue weighted by Gasteiger charge is -2.19. The summed E-state index contributed by atoms with van der Waals surface area (Å²) in [6, 6.07) is 14.3. The molecule has 3 nitrogen and oxygen atoms in total. The van der Waals surface area contributed by atoms with Crippen molar-refractivity contribution in [2.45, 2.75) is 18.9 Å². The number of aliphatic hydroxyl groups is 1. The summed E-state index contributed by atoms with van der Waals surface area (Å²) in [4.78, 5) is 2.30. The molecule has 0 amide bonds. The maximum Gasteiger partial charge on any atom is 0.120 e. The number of aliphatic hydroxyl groups excluding tert-OH is 1. The molecule has 1 fully saturated rings. The highest BCUT2D eigenvalue weighted by molar-refractivity contribution is 5.83. The number of ether oxygens (including phenoxy) is 1. The lowest BCUT2D eigenvalue weighted by Crippen LogP contribution is -2.33. The molecule has 0 bridgehead atoms. The molecule has 0 aliphatic carbocycles. The predicted octanol–water partition coefficient (Wildman–Crippen LogP) is 2.68. The Morgan fingerprint density at radius 3 is 2.60 bits per heavy atom. The van der Waals surface area contributed by atoms with E-state index in [1.54, 1.807) is 0 Å². The zero-order chi connectivity index (χ0) is 13.8. The minimum atomic E-state index is -0.417. The Kier molecular flexibility index (Phi) is 4.19. The number of hydrogen-bond donors (Lipinski definition) is 1. The van der Waals surface area contributed by atoms with Crippen molar-refractivity contribution < 1.29 is 9.84 Å². The van der Waals surface area contributed by atoms with Gasteiger partial charge in [-0.2, -0.15) is 0 Å². The van der Waals surface area contributed by atoms with Gasteiger partial charge in [0.15, 0.2) is 0 Å². The maximum atomic E-state index is 10.0. The highest BCUT2D eigenvalue weighted by Crippen LogP contribution is 2.20. The van der Waals surface area contributed by atoms with Gasteiger partial charge in [0, 0.05) is 6.54 Å². The molecule has 0 spiro atoms. The second kappa shape index (κ2) is 6.25. The normalized spacial score (nSPS) is 17.4. The summed E-state index contributed by atoms with van der Waals surface area (Å²) in [7, 11) is 0. The molecule has 20 heavy (non-hydrogen) atoms. The molecular weight excluding hydrogens is 250 g/mol. The van der Waals surface area contributed by atoms with E-state index in [2.05, 4.69) is 23.1 Å². The van der Waals surface area contributed by atoms with Crippen molar-refractivity contribution in [2.24, 2.45) is 0 Å². The zero-order valence-corrected chi connectivity index (χ0v) is 11.7. The van der Waals surface area contributed by atoms with Gasteiger partial charge in [0.1, 0.15) is 18.5 Å². The summed E-state index contributed by atoms with van der Waals surface area (Å²) in [5.74, 6) is 0.823. The number of nitrogens with zero attached hydrogens (tertiary/aromatic N) is 1. The van der Waals surface area contributed by atoms with Crippen molar-refractivity contribution in [1.82, 2.24) is 4.90 Å². The van der Waals surface area contributed by atoms with E-state index in [-0.39, 0.29) is 0 Å². The number of rotatable bonds is 5. The van der Waals surface area contributed by atoms with E-state index >= 15 is 0 Å². The van der Waals surface area contributed by atoms with E-state index in [0.29, 0.717) is 13.2 Å². The standard InChI is InChI=1S/C17H21NO2/c19-16(12-18-9-3-4-10-18)13-20-17-8-7-14-5-1-2-6-15(14)11-17/h1-2,5-8,11,16,19H,3-4,9-10,12-13H2/t16-/m0/s1. The van der Waals surface area contributed by atoms with Crippen molar-refractivity contribution in [3.8, 4) is 5.75 Å². The molecule has 1 heterocycles. The number of hydrogen-bond acceptors (Lipinski definition) is 3. The number of benzene rings is 2. The fraction of sp³-hybridized carbons (Fsp3) is 0.412. The second-order valence-corrected chi connectivity index (χ2v) is 5.48. The minimum absolute atomic E-state index is 0.356. The van der Waals surface area contributed by atoms with E-state index in [9.17, 15) is 5.11 Å². The van der Waals surface area contributed by atoms with Crippen molar-refractivity contribution in [3.63, 3.8) is 0 Å². The smallest absolute Gasteiger partial charge is 0.120 e. The van der Waals surface area contributed by atoms with Gasteiger partial charge in [-0.15, -0.1) is 0 Å². The van der Waals surface area contributed by atoms with Crippen LogP contribution in [0.4, 0.5) is 0 Å². The maximum absolute atomic E-state index is 10.0. The predicted molar refractivity (Wildman–Crippen MR) is 81.1 cm³/mol. The quantitative estimate of drug-likeness (QED) is 0.907. The third-order valence-corrected chi connectivity index (χ3v) is 3.83. The first-order valence-electron chi connectivity index (χ1n) is 7.33. The van der Waals surface area contributed by atoms with Crippen LogP contribution in [0.15, 0.2) is 42.5 Å². The van der Waals surface area contributed by atoms with E-state index < -0.39 is 6.10 Å². The Hall–Kier alpha value is -1.58. The van der Waals surface area contributed by atoms with Gasteiger partial charge in [-0.1, -0.05) is 30.3 Å². The van der Waals surface area contributed by atoms with Crippen LogP contribution >= 0.6 is 0 Å². The summed E-state index contributed by atoms with van der Waals surface area (Å²) in [6.45, 7) is 3.28. The lowest BCUT2D eigenvalue weighted by molar-refractivity contribution is 0.0759. The van der Waals surface area contributed by atoms with E-state index in [4.69, 9.17) is 4.74 Å². The fourth-order valence-corrected chi connectivity index (χ4v) is 2.77. The second-order valence-electron chi connectivity index (χ2n) is 5.48. The Morgan fingerprint density at radius 2 is 1.80 bits per heavy atom. The van der Waals surface area contributed by atoms with Crippen LogP contribution in [0.1, 0.15) is 12.8 Å². The summed E-state index contributed by atoms with van der Waals surface area (Å²) in [6.07, 6.45) is 2.08. The lowest BCUT2D eigenvalue weighted by atomic mass is 10.1. The average Bonchev–Trinajstić information content (AvgIpc) is 2.98. The largest absolute Gasteiger partial charge is 0.491 e. The van der Waals surface area contributed by atoms with Gasteiger partial charge >= 0.3 is 0 Å². The van der Waals surface area contributed by atoms with Crippen LogP contribution in [0, 0.1) is 0 Å². The van der Waals surface area contributed by atoms with Crippen LogP contribution < -0.4 is 4.74 Å². The SMILES string of the molecule is O[C@H](COc1ccc2ccccc2c1)CN1CCCC1. The molecule has 2 aromatic carbocycles. The van der Waals surface area contributed by atoms with Crippen molar-refractivity contribution >= 4 is 10.8 Å². The Morgan fingerprint density at radius 1 is 1.05 bits per heavy atom. The molecule has 0 radical (unpaired) electrons. The van der Waals surface area contributed by atoms with Gasteiger partial charge < -0.3 is 14.7 Å². The molecule has 3 heteroatoms. The summed E-state index contributed by atoms with van der Waals surface area (Å²) in [5, 5.41) is 12.4. The van der Waals surface area contributed by atoms with E-state index in [1.807, 2.05) is 24.3 Å². The van der Waals surface area contributed by atoms with Gasteiger partial charge in [-0.05, 0) is 48.8 Å². The molecule has 1 aliphatic rings. The summed E-state index contributed by atoms with van der Waals surface area (Å²) >= 11 is 0. The fourth-order valence-electron chi connectivity index (χ4n) is 2.77. The van der Waals surface area contributed by atoms with Crippen LogP contribution in [-0.4, -0.2) is 42.4 Å². The van der Waals surface area contributed by atoms with Crippen LogP contribution in [0.5, 0.6) is 5.75 Å². The number of fused-ring (bicyclic) bond motifs is 1. The van der Waals surface area contributed by atoms with E-state index in [0.717, 1.165) is 18.8 Å².